The van der Waals surface area contributed by atoms with Gasteiger partial charge in [-0.1, -0.05) is 18.2 Å². The minimum atomic E-state index is -0.752. The van der Waals surface area contributed by atoms with Crippen molar-refractivity contribution in [1.29, 1.82) is 0 Å². The van der Waals surface area contributed by atoms with Gasteiger partial charge in [-0.05, 0) is 19.9 Å². The molecule has 21 heavy (non-hydrogen) atoms. The van der Waals surface area contributed by atoms with Gasteiger partial charge in [-0.2, -0.15) is 0 Å². The van der Waals surface area contributed by atoms with Gasteiger partial charge in [-0.3, -0.25) is 14.6 Å². The maximum atomic E-state index is 10.7. The summed E-state index contributed by atoms with van der Waals surface area (Å²) >= 11 is 0. The Morgan fingerprint density at radius 3 is 2.57 bits per heavy atom. The average molecular weight is 292 g/mol. The Kier molecular flexibility index (Phi) is 5.59. The number of aliphatic carboxylic acids is 1. The highest BCUT2D eigenvalue weighted by Gasteiger charge is 2.24. The van der Waals surface area contributed by atoms with Gasteiger partial charge in [0.15, 0.2) is 0 Å². The van der Waals surface area contributed by atoms with Crippen LogP contribution in [0.3, 0.4) is 0 Å². The SMILES string of the molecule is CCOc1ccccc1C(C)N1CCN(CC(=O)O)CC1. The fourth-order valence-electron chi connectivity index (χ4n) is 2.81. The molecular formula is C16H24N2O3. The first-order valence-corrected chi connectivity index (χ1v) is 7.51. The maximum Gasteiger partial charge on any atom is 0.317 e. The molecule has 1 aromatic rings. The summed E-state index contributed by atoms with van der Waals surface area (Å²) in [6.45, 7) is 8.34. The number of carboxylic acids is 1. The van der Waals surface area contributed by atoms with Crippen LogP contribution in [0.15, 0.2) is 24.3 Å². The van der Waals surface area contributed by atoms with Gasteiger partial charge in [-0.25, -0.2) is 0 Å². The van der Waals surface area contributed by atoms with E-state index in [2.05, 4.69) is 17.9 Å². The van der Waals surface area contributed by atoms with E-state index in [-0.39, 0.29) is 12.6 Å². The molecule has 5 nitrogen and oxygen atoms in total. The van der Waals surface area contributed by atoms with Crippen molar-refractivity contribution in [3.8, 4) is 5.75 Å². The van der Waals surface area contributed by atoms with E-state index in [0.29, 0.717) is 6.61 Å². The van der Waals surface area contributed by atoms with Crippen LogP contribution in [-0.4, -0.2) is 60.2 Å². The molecule has 0 aliphatic carbocycles. The van der Waals surface area contributed by atoms with E-state index in [1.165, 1.54) is 5.56 Å². The molecule has 1 unspecified atom stereocenters. The third-order valence-electron chi connectivity index (χ3n) is 3.98. The monoisotopic (exact) mass is 292 g/mol. The second kappa shape index (κ2) is 7.43. The van der Waals surface area contributed by atoms with Crippen LogP contribution in [0.1, 0.15) is 25.5 Å². The molecule has 1 aromatic carbocycles. The van der Waals surface area contributed by atoms with Crippen LogP contribution < -0.4 is 4.74 Å². The van der Waals surface area contributed by atoms with E-state index >= 15 is 0 Å². The number of nitrogens with zero attached hydrogens (tertiary/aromatic N) is 2. The number of benzene rings is 1. The zero-order chi connectivity index (χ0) is 15.2. The van der Waals surface area contributed by atoms with Crippen LogP contribution in [0.5, 0.6) is 5.75 Å². The van der Waals surface area contributed by atoms with E-state index in [4.69, 9.17) is 9.84 Å². The Morgan fingerprint density at radius 1 is 1.29 bits per heavy atom. The standard InChI is InChI=1S/C16H24N2O3/c1-3-21-15-7-5-4-6-14(15)13(2)18-10-8-17(9-11-18)12-16(19)20/h4-7,13H,3,8-12H2,1-2H3,(H,19,20). The summed E-state index contributed by atoms with van der Waals surface area (Å²) in [5.74, 6) is 0.193. The lowest BCUT2D eigenvalue weighted by Crippen LogP contribution is -2.48. The molecule has 0 spiro atoms. The molecule has 0 radical (unpaired) electrons. The quantitative estimate of drug-likeness (QED) is 0.867. The van der Waals surface area contributed by atoms with Gasteiger partial charge in [0.05, 0.1) is 13.2 Å². The third-order valence-corrected chi connectivity index (χ3v) is 3.98. The smallest absolute Gasteiger partial charge is 0.317 e. The van der Waals surface area contributed by atoms with E-state index in [0.717, 1.165) is 31.9 Å². The number of rotatable bonds is 6. The number of hydrogen-bond donors (Lipinski definition) is 1. The molecule has 116 valence electrons. The summed E-state index contributed by atoms with van der Waals surface area (Å²) in [6, 6.07) is 8.43. The number of piperazine rings is 1. The van der Waals surface area contributed by atoms with Crippen LogP contribution in [0.2, 0.25) is 0 Å². The summed E-state index contributed by atoms with van der Waals surface area (Å²) in [5.41, 5.74) is 1.20. The zero-order valence-electron chi connectivity index (χ0n) is 12.8. The lowest BCUT2D eigenvalue weighted by atomic mass is 10.0. The molecule has 0 amide bonds. The summed E-state index contributed by atoms with van der Waals surface area (Å²) < 4.78 is 5.71. The Balaban J connectivity index is 1.98. The van der Waals surface area contributed by atoms with Gasteiger partial charge in [0.25, 0.3) is 0 Å². The Labute approximate surface area is 126 Å². The Morgan fingerprint density at radius 2 is 1.95 bits per heavy atom. The number of carboxylic acid groups (broad SMARTS) is 1. The van der Waals surface area contributed by atoms with Gasteiger partial charge in [0, 0.05) is 37.8 Å². The highest BCUT2D eigenvalue weighted by molar-refractivity contribution is 5.69. The van der Waals surface area contributed by atoms with Crippen molar-refractivity contribution in [2.45, 2.75) is 19.9 Å². The fraction of sp³-hybridized carbons (Fsp3) is 0.562. The van der Waals surface area contributed by atoms with Gasteiger partial charge < -0.3 is 9.84 Å². The summed E-state index contributed by atoms with van der Waals surface area (Å²) in [4.78, 5) is 15.1. The van der Waals surface area contributed by atoms with Crippen molar-refractivity contribution in [1.82, 2.24) is 9.80 Å². The van der Waals surface area contributed by atoms with Crippen molar-refractivity contribution in [2.75, 3.05) is 39.3 Å². The van der Waals surface area contributed by atoms with E-state index < -0.39 is 5.97 Å². The molecule has 1 aliphatic heterocycles. The highest BCUT2D eigenvalue weighted by Crippen LogP contribution is 2.29. The second-order valence-corrected chi connectivity index (χ2v) is 5.35. The Hall–Kier alpha value is -1.59. The van der Waals surface area contributed by atoms with Crippen LogP contribution in [0, 0.1) is 0 Å². The topological polar surface area (TPSA) is 53.0 Å². The largest absolute Gasteiger partial charge is 0.494 e. The minimum absolute atomic E-state index is 0.137. The molecule has 0 saturated carbocycles. The van der Waals surface area contributed by atoms with Crippen LogP contribution >= 0.6 is 0 Å². The predicted octanol–water partition coefficient (Wildman–Crippen LogP) is 1.85. The molecule has 1 atom stereocenters. The molecule has 1 saturated heterocycles. The first-order valence-electron chi connectivity index (χ1n) is 7.51. The molecule has 0 aromatic heterocycles. The molecule has 1 aliphatic rings. The molecule has 1 fully saturated rings. The third kappa shape index (κ3) is 4.19. The lowest BCUT2D eigenvalue weighted by molar-refractivity contribution is -0.138. The second-order valence-electron chi connectivity index (χ2n) is 5.35. The molecule has 0 bridgehead atoms. The average Bonchev–Trinajstić information content (AvgIpc) is 2.48. The molecule has 1 N–H and O–H groups in total. The summed E-state index contributed by atoms with van der Waals surface area (Å²) in [6.07, 6.45) is 0. The fourth-order valence-corrected chi connectivity index (χ4v) is 2.81. The van der Waals surface area contributed by atoms with Gasteiger partial charge in [-0.15, -0.1) is 0 Å². The Bertz CT molecular complexity index is 470. The maximum absolute atomic E-state index is 10.7. The van der Waals surface area contributed by atoms with Gasteiger partial charge in [0.1, 0.15) is 5.75 Å². The van der Waals surface area contributed by atoms with Crippen molar-refractivity contribution in [3.63, 3.8) is 0 Å². The van der Waals surface area contributed by atoms with E-state index in [1.807, 2.05) is 30.0 Å². The van der Waals surface area contributed by atoms with E-state index in [9.17, 15) is 4.79 Å². The van der Waals surface area contributed by atoms with Crippen molar-refractivity contribution >= 4 is 5.97 Å². The van der Waals surface area contributed by atoms with Gasteiger partial charge >= 0.3 is 5.97 Å². The zero-order valence-corrected chi connectivity index (χ0v) is 12.8. The van der Waals surface area contributed by atoms with Crippen LogP contribution in [0.4, 0.5) is 0 Å². The van der Waals surface area contributed by atoms with Crippen molar-refractivity contribution < 1.29 is 14.6 Å². The predicted molar refractivity (Wildman–Crippen MR) is 81.7 cm³/mol. The minimum Gasteiger partial charge on any atom is -0.494 e. The summed E-state index contributed by atoms with van der Waals surface area (Å²) in [7, 11) is 0. The van der Waals surface area contributed by atoms with Crippen molar-refractivity contribution in [3.05, 3.63) is 29.8 Å². The number of ether oxygens (including phenoxy) is 1. The number of para-hydroxylation sites is 1. The molecular weight excluding hydrogens is 268 g/mol. The van der Waals surface area contributed by atoms with Crippen LogP contribution in [0.25, 0.3) is 0 Å². The highest BCUT2D eigenvalue weighted by atomic mass is 16.5. The summed E-state index contributed by atoms with van der Waals surface area (Å²) in [5, 5.41) is 8.84. The lowest BCUT2D eigenvalue weighted by Gasteiger charge is -2.37. The molecule has 5 heteroatoms. The first kappa shape index (κ1) is 15.8. The molecule has 2 rings (SSSR count). The first-order chi connectivity index (χ1) is 10.1. The van der Waals surface area contributed by atoms with Crippen molar-refractivity contribution in [2.24, 2.45) is 0 Å². The number of carbonyl (C=O) groups is 1. The molecule has 1 heterocycles. The van der Waals surface area contributed by atoms with E-state index in [1.54, 1.807) is 0 Å². The number of hydrogen-bond acceptors (Lipinski definition) is 4. The van der Waals surface area contributed by atoms with Crippen LogP contribution in [-0.2, 0) is 4.79 Å². The van der Waals surface area contributed by atoms with Gasteiger partial charge in [0.2, 0.25) is 0 Å². The normalized spacial score (nSPS) is 18.4.